The monoisotopic (exact) mass is 383 g/mol. The van der Waals surface area contributed by atoms with E-state index in [1.54, 1.807) is 0 Å². The average molecular weight is 383 g/mol. The van der Waals surface area contributed by atoms with Gasteiger partial charge in [0.25, 0.3) is 0 Å². The Labute approximate surface area is 140 Å². The maximum absolute atomic E-state index is 13.3. The third kappa shape index (κ3) is 3.55. The second-order valence-electron chi connectivity index (χ2n) is 4.87. The number of nitrogens with one attached hydrogen (secondary N) is 1. The van der Waals surface area contributed by atoms with Gasteiger partial charge in [-0.05, 0) is 19.1 Å². The number of hydrogen-bond donors (Lipinski definition) is 1. The van der Waals surface area contributed by atoms with Gasteiger partial charge in [0.2, 0.25) is 5.95 Å². The van der Waals surface area contributed by atoms with Crippen molar-refractivity contribution in [2.75, 3.05) is 5.32 Å². The maximum Gasteiger partial charge on any atom is 0.460 e. The SMILES string of the molecule is Cc1nc(NC(=O)C(F)(F)C(F)(F)C(F)(F)F)nc(-c2cccnc2)n1. The molecule has 0 radical (unpaired) electrons. The zero-order valence-corrected chi connectivity index (χ0v) is 12.7. The molecule has 140 valence electrons. The molecule has 0 aliphatic rings. The predicted molar refractivity (Wildman–Crippen MR) is 72.4 cm³/mol. The van der Waals surface area contributed by atoms with Crippen LogP contribution in [-0.2, 0) is 4.79 Å². The summed E-state index contributed by atoms with van der Waals surface area (Å²) in [5.41, 5.74) is 0.265. The number of aromatic nitrogens is 4. The molecule has 0 saturated heterocycles. The fourth-order valence-electron chi connectivity index (χ4n) is 1.66. The normalized spacial score (nSPS) is 12.8. The molecule has 0 saturated carbocycles. The predicted octanol–water partition coefficient (Wildman–Crippen LogP) is 3.01. The quantitative estimate of drug-likeness (QED) is 0.821. The van der Waals surface area contributed by atoms with Gasteiger partial charge in [0.05, 0.1) is 0 Å². The van der Waals surface area contributed by atoms with Crippen molar-refractivity contribution in [1.29, 1.82) is 0 Å². The molecule has 2 aromatic heterocycles. The van der Waals surface area contributed by atoms with Gasteiger partial charge in [-0.1, -0.05) is 0 Å². The van der Waals surface area contributed by atoms with E-state index in [0.717, 1.165) is 5.32 Å². The van der Waals surface area contributed by atoms with Crippen molar-refractivity contribution >= 4 is 11.9 Å². The number of amides is 1. The molecule has 0 fully saturated rings. The fourth-order valence-corrected chi connectivity index (χ4v) is 1.66. The molecule has 0 unspecified atom stereocenters. The van der Waals surface area contributed by atoms with Gasteiger partial charge in [-0.25, -0.2) is 4.98 Å². The lowest BCUT2D eigenvalue weighted by Gasteiger charge is -2.26. The minimum Gasteiger partial charge on any atom is -0.289 e. The molecule has 0 atom stereocenters. The van der Waals surface area contributed by atoms with E-state index in [2.05, 4.69) is 19.9 Å². The molecule has 0 aliphatic carbocycles. The highest BCUT2D eigenvalue weighted by atomic mass is 19.4. The molecule has 6 nitrogen and oxygen atoms in total. The number of halogens is 7. The number of nitrogens with zero attached hydrogens (tertiary/aromatic N) is 4. The first-order valence-corrected chi connectivity index (χ1v) is 6.63. The summed E-state index contributed by atoms with van der Waals surface area (Å²) in [6.45, 7) is 1.26. The first-order valence-electron chi connectivity index (χ1n) is 6.63. The highest BCUT2D eigenvalue weighted by Gasteiger charge is 2.76. The number of carbonyl (C=O) groups excluding carboxylic acids is 1. The van der Waals surface area contributed by atoms with Crippen LogP contribution in [0.1, 0.15) is 5.82 Å². The van der Waals surface area contributed by atoms with Crippen molar-refractivity contribution < 1.29 is 35.5 Å². The van der Waals surface area contributed by atoms with E-state index in [-0.39, 0.29) is 17.2 Å². The van der Waals surface area contributed by atoms with Gasteiger partial charge < -0.3 is 0 Å². The summed E-state index contributed by atoms with van der Waals surface area (Å²) in [5, 5.41) is 1.16. The van der Waals surface area contributed by atoms with Crippen LogP contribution in [-0.4, -0.2) is 43.9 Å². The summed E-state index contributed by atoms with van der Waals surface area (Å²) in [6.07, 6.45) is -3.96. The number of hydrogen-bond acceptors (Lipinski definition) is 5. The number of aryl methyl sites for hydroxylation is 1. The van der Waals surface area contributed by atoms with E-state index in [1.165, 1.54) is 31.5 Å². The smallest absolute Gasteiger partial charge is 0.289 e. The van der Waals surface area contributed by atoms with Gasteiger partial charge in [0.15, 0.2) is 5.82 Å². The lowest BCUT2D eigenvalue weighted by molar-refractivity contribution is -0.343. The number of pyridine rings is 1. The largest absolute Gasteiger partial charge is 0.460 e. The Morgan fingerprint density at radius 1 is 1.04 bits per heavy atom. The molecule has 2 aromatic rings. The van der Waals surface area contributed by atoms with Crippen LogP contribution < -0.4 is 5.32 Å². The van der Waals surface area contributed by atoms with Crippen LogP contribution in [0.5, 0.6) is 0 Å². The molecule has 2 rings (SSSR count). The summed E-state index contributed by atoms with van der Waals surface area (Å²) in [6, 6.07) is 2.94. The van der Waals surface area contributed by atoms with Gasteiger partial charge in [-0.2, -0.15) is 40.7 Å². The van der Waals surface area contributed by atoms with Gasteiger partial charge in [-0.3, -0.25) is 15.1 Å². The van der Waals surface area contributed by atoms with E-state index < -0.39 is 29.9 Å². The van der Waals surface area contributed by atoms with Crippen molar-refractivity contribution in [1.82, 2.24) is 19.9 Å². The molecule has 26 heavy (non-hydrogen) atoms. The van der Waals surface area contributed by atoms with E-state index >= 15 is 0 Å². The van der Waals surface area contributed by atoms with Crippen LogP contribution in [0.4, 0.5) is 36.7 Å². The number of rotatable bonds is 4. The van der Waals surface area contributed by atoms with E-state index in [1.807, 2.05) is 0 Å². The summed E-state index contributed by atoms with van der Waals surface area (Å²) < 4.78 is 88.8. The Hall–Kier alpha value is -2.86. The van der Waals surface area contributed by atoms with Crippen LogP contribution in [0.15, 0.2) is 24.5 Å². The minimum absolute atomic E-state index is 0.111. The first-order chi connectivity index (χ1) is 11.9. The van der Waals surface area contributed by atoms with Crippen molar-refractivity contribution in [2.45, 2.75) is 24.9 Å². The van der Waals surface area contributed by atoms with Gasteiger partial charge >= 0.3 is 23.9 Å². The second kappa shape index (κ2) is 6.46. The van der Waals surface area contributed by atoms with Crippen LogP contribution in [0, 0.1) is 6.92 Å². The van der Waals surface area contributed by atoms with Crippen LogP contribution in [0.25, 0.3) is 11.4 Å². The Morgan fingerprint density at radius 2 is 1.69 bits per heavy atom. The highest BCUT2D eigenvalue weighted by Crippen LogP contribution is 2.46. The minimum atomic E-state index is -6.64. The summed E-state index contributed by atoms with van der Waals surface area (Å²) in [7, 11) is 0. The highest BCUT2D eigenvalue weighted by molar-refractivity contribution is 5.95. The Kier molecular flexibility index (Phi) is 4.84. The first kappa shape index (κ1) is 19.5. The lowest BCUT2D eigenvalue weighted by atomic mass is 10.1. The number of alkyl halides is 7. The fraction of sp³-hybridized carbons (Fsp3) is 0.308. The molecule has 0 aromatic carbocycles. The molecule has 0 bridgehead atoms. The third-order valence-corrected chi connectivity index (χ3v) is 2.93. The summed E-state index contributed by atoms with van der Waals surface area (Å²) in [5.74, 6) is -16.8. The Bertz CT molecular complexity index is 810. The van der Waals surface area contributed by atoms with Crippen LogP contribution in [0.2, 0.25) is 0 Å². The average Bonchev–Trinajstić information content (AvgIpc) is 2.53. The van der Waals surface area contributed by atoms with Gasteiger partial charge in [0, 0.05) is 18.0 Å². The zero-order valence-electron chi connectivity index (χ0n) is 12.7. The molecule has 1 amide bonds. The van der Waals surface area contributed by atoms with Crippen molar-refractivity contribution in [3.05, 3.63) is 30.4 Å². The van der Waals surface area contributed by atoms with Gasteiger partial charge in [-0.15, -0.1) is 0 Å². The third-order valence-electron chi connectivity index (χ3n) is 2.93. The van der Waals surface area contributed by atoms with Crippen molar-refractivity contribution in [3.8, 4) is 11.4 Å². The Morgan fingerprint density at radius 3 is 2.23 bits per heavy atom. The molecular formula is C13H8F7N5O. The summed E-state index contributed by atoms with van der Waals surface area (Å²) >= 11 is 0. The van der Waals surface area contributed by atoms with E-state index in [0.29, 0.717) is 0 Å². The van der Waals surface area contributed by atoms with Crippen LogP contribution >= 0.6 is 0 Å². The van der Waals surface area contributed by atoms with E-state index in [9.17, 15) is 35.5 Å². The zero-order chi connectivity index (χ0) is 19.8. The van der Waals surface area contributed by atoms with Crippen LogP contribution in [0.3, 0.4) is 0 Å². The van der Waals surface area contributed by atoms with Gasteiger partial charge in [0.1, 0.15) is 5.82 Å². The molecule has 0 aliphatic heterocycles. The Balaban J connectivity index is 2.34. The number of carbonyl (C=O) groups is 1. The van der Waals surface area contributed by atoms with Crippen molar-refractivity contribution in [3.63, 3.8) is 0 Å². The van der Waals surface area contributed by atoms with Crippen molar-refractivity contribution in [2.24, 2.45) is 0 Å². The molecule has 2 heterocycles. The standard InChI is InChI=1S/C13H8F7N5O/c1-6-22-8(7-3-2-4-21-5-7)24-10(23-6)25-9(26)11(14,15)12(16,17)13(18,19)20/h2-5H,1H3,(H,22,23,24,25,26). The number of anilines is 1. The summed E-state index contributed by atoms with van der Waals surface area (Å²) in [4.78, 5) is 25.9. The lowest BCUT2D eigenvalue weighted by Crippen LogP contribution is -2.57. The van der Waals surface area contributed by atoms with E-state index in [4.69, 9.17) is 0 Å². The maximum atomic E-state index is 13.3. The molecule has 0 spiro atoms. The molecule has 13 heteroatoms. The molecule has 1 N–H and O–H groups in total. The second-order valence-corrected chi connectivity index (χ2v) is 4.87. The molecular weight excluding hydrogens is 375 g/mol. The topological polar surface area (TPSA) is 80.7 Å².